The Labute approximate surface area is 363 Å². The zero-order valence-electron chi connectivity index (χ0n) is 38.6. The molecule has 9 atom stereocenters. The van der Waals surface area contributed by atoms with E-state index in [1.807, 2.05) is 32.9 Å². The van der Waals surface area contributed by atoms with E-state index in [0.29, 0.717) is 60.4 Å². The average molecular weight is 831 g/mol. The smallest absolute Gasteiger partial charge is 0.191 e. The molecule has 0 spiro atoms. The largest absolute Gasteiger partial charge is 0.508 e. The minimum atomic E-state index is -0.610. The van der Waals surface area contributed by atoms with Crippen LogP contribution < -0.4 is 0 Å². The van der Waals surface area contributed by atoms with E-state index in [9.17, 15) is 14.7 Å². The number of rotatable bonds is 16. The van der Waals surface area contributed by atoms with Crippen molar-refractivity contribution < 1.29 is 24.2 Å². The molecule has 4 fully saturated rings. The Morgan fingerprint density at radius 1 is 0.949 bits per heavy atom. The summed E-state index contributed by atoms with van der Waals surface area (Å²) >= 11 is 4.15. The van der Waals surface area contributed by atoms with Crippen LogP contribution in [0.3, 0.4) is 0 Å². The van der Waals surface area contributed by atoms with Gasteiger partial charge in [-0.3, -0.25) is 14.5 Å². The number of carbonyl (C=O) groups excluding carboxylic acids is 2. The topological polar surface area (TPSA) is 79.3 Å². The molecule has 59 heavy (non-hydrogen) atoms. The normalized spacial score (nSPS) is 33.3. The first kappa shape index (κ1) is 46.0. The molecular weight excluding hydrogens is 753 g/mol. The number of thiol groups is 1. The Hall–Kier alpha value is -2.55. The van der Waals surface area contributed by atoms with Crippen molar-refractivity contribution in [3.05, 3.63) is 65.7 Å². The minimum absolute atomic E-state index is 0.0398. The van der Waals surface area contributed by atoms with Crippen LogP contribution in [-0.2, 0) is 25.6 Å². The summed E-state index contributed by atoms with van der Waals surface area (Å²) in [6.45, 7) is 32.2. The van der Waals surface area contributed by atoms with E-state index < -0.39 is 5.41 Å². The summed E-state index contributed by atoms with van der Waals surface area (Å²) in [7, 11) is 4.23. The lowest BCUT2D eigenvalue weighted by Gasteiger charge is -2.69. The molecule has 0 radical (unpaired) electrons. The third-order valence-electron chi connectivity index (χ3n) is 16.7. The van der Waals surface area contributed by atoms with Gasteiger partial charge in [0.15, 0.2) is 10.9 Å². The SMILES string of the molecule is C=C(C)OC(CN(CCN(C)C)Cc1ccc(O)cc1)C12CCC3C(CCC4C3(C)CCC3C(C)(C)C(OC(=C)CC(C)(C)C(=O)S)CCC34C)C1=C(C(C)C)C(=O)C2. The van der Waals surface area contributed by atoms with Crippen molar-refractivity contribution in [2.75, 3.05) is 33.7 Å². The first-order chi connectivity index (χ1) is 27.5. The van der Waals surface area contributed by atoms with Crippen molar-refractivity contribution in [2.24, 2.45) is 56.7 Å². The van der Waals surface area contributed by atoms with Crippen molar-refractivity contribution >= 4 is 23.5 Å². The Balaban J connectivity index is 1.30. The van der Waals surface area contributed by atoms with E-state index in [-0.39, 0.29) is 50.7 Å². The van der Waals surface area contributed by atoms with Crippen molar-refractivity contribution in [2.45, 2.75) is 145 Å². The van der Waals surface area contributed by atoms with E-state index >= 15 is 0 Å². The average Bonchev–Trinajstić information content (AvgIpc) is 3.45. The van der Waals surface area contributed by atoms with Crippen LogP contribution in [0.5, 0.6) is 5.75 Å². The number of fused-ring (bicyclic) bond motifs is 7. The first-order valence-corrected chi connectivity index (χ1v) is 23.2. The molecule has 8 heteroatoms. The fraction of sp³-hybridized carbons (Fsp3) is 0.725. The van der Waals surface area contributed by atoms with Crippen molar-refractivity contribution in [3.63, 3.8) is 0 Å². The number of aromatic hydroxyl groups is 1. The van der Waals surface area contributed by atoms with Gasteiger partial charge in [0.2, 0.25) is 0 Å². The second-order valence-corrected chi connectivity index (χ2v) is 22.5. The van der Waals surface area contributed by atoms with Crippen LogP contribution in [0.4, 0.5) is 0 Å². The number of ketones is 1. The molecule has 0 aromatic heterocycles. The van der Waals surface area contributed by atoms with Crippen LogP contribution in [0.2, 0.25) is 0 Å². The second-order valence-electron chi connectivity index (χ2n) is 22.1. The van der Waals surface area contributed by atoms with Gasteiger partial charge in [-0.15, -0.1) is 12.6 Å². The van der Waals surface area contributed by atoms with Gasteiger partial charge >= 0.3 is 0 Å². The van der Waals surface area contributed by atoms with Gasteiger partial charge in [0.25, 0.3) is 0 Å². The number of allylic oxidation sites excluding steroid dienone is 3. The molecule has 7 nitrogen and oxygen atoms in total. The number of phenols is 1. The highest BCUT2D eigenvalue weighted by Crippen LogP contribution is 2.73. The van der Waals surface area contributed by atoms with Crippen molar-refractivity contribution in [1.82, 2.24) is 9.80 Å². The van der Waals surface area contributed by atoms with Crippen molar-refractivity contribution in [1.29, 1.82) is 0 Å². The maximum Gasteiger partial charge on any atom is 0.191 e. The molecule has 1 N–H and O–H groups in total. The van der Waals surface area contributed by atoms with E-state index in [1.54, 1.807) is 12.1 Å². The van der Waals surface area contributed by atoms with E-state index in [1.165, 1.54) is 24.8 Å². The number of nitrogens with zero attached hydrogens (tertiary/aromatic N) is 2. The van der Waals surface area contributed by atoms with Crippen molar-refractivity contribution in [3.8, 4) is 5.75 Å². The summed E-state index contributed by atoms with van der Waals surface area (Å²) in [5, 5.41) is 9.90. The van der Waals surface area contributed by atoms with E-state index in [2.05, 4.69) is 91.2 Å². The Bertz CT molecular complexity index is 1800. The van der Waals surface area contributed by atoms with Crippen LogP contribution in [-0.4, -0.2) is 71.7 Å². The molecule has 6 rings (SSSR count). The lowest BCUT2D eigenvalue weighted by Crippen LogP contribution is -2.63. The number of hydrogen-bond acceptors (Lipinski definition) is 7. The maximum atomic E-state index is 14.5. The predicted molar refractivity (Wildman–Crippen MR) is 243 cm³/mol. The highest BCUT2D eigenvalue weighted by atomic mass is 32.1. The third-order valence-corrected chi connectivity index (χ3v) is 17.3. The molecule has 0 bridgehead atoms. The Morgan fingerprint density at radius 2 is 1.61 bits per heavy atom. The quantitative estimate of drug-likeness (QED) is 0.127. The monoisotopic (exact) mass is 831 g/mol. The first-order valence-electron chi connectivity index (χ1n) is 22.8. The standard InChI is InChI=1S/C51H78N2O5S/c1-32(2)44-39(55)29-51(43(57-33(3)4)31-53(27-26-52(12)13)30-35-14-16-36(54)17-15-35)25-20-38-37(45(44)51)18-19-41-49(38,10)23-21-40-48(8,9)42(22-24-50(40,41)11)58-34(5)28-47(6,7)46(56)59/h14-17,32,37-38,40-43,54H,3,5,18-31H2,1-2,4,6-13H3,(H,56,59). The lowest BCUT2D eigenvalue weighted by atomic mass is 9.36. The number of Topliss-reactive ketones (excluding diaryl/α,β-unsaturated/α-hetero) is 1. The van der Waals surface area contributed by atoms with Gasteiger partial charge < -0.3 is 19.5 Å². The lowest BCUT2D eigenvalue weighted by molar-refractivity contribution is -0.208. The predicted octanol–water partition coefficient (Wildman–Crippen LogP) is 11.0. The molecule has 9 unspecified atom stereocenters. The van der Waals surface area contributed by atoms with Gasteiger partial charge in [-0.25, -0.2) is 0 Å². The van der Waals surface area contributed by atoms with Crippen LogP contribution in [0.1, 0.15) is 132 Å². The molecule has 4 saturated carbocycles. The van der Waals surface area contributed by atoms with E-state index in [4.69, 9.17) is 9.47 Å². The van der Waals surface area contributed by atoms with Gasteiger partial charge in [0.1, 0.15) is 18.0 Å². The Kier molecular flexibility index (Phi) is 13.2. The summed E-state index contributed by atoms with van der Waals surface area (Å²) in [4.78, 5) is 31.5. The molecule has 1 aromatic carbocycles. The number of ether oxygens (including phenoxy) is 2. The highest BCUT2D eigenvalue weighted by Gasteiger charge is 2.67. The molecular formula is C51H78N2O5S. The summed E-state index contributed by atoms with van der Waals surface area (Å²) in [6.07, 6.45) is 9.73. The fourth-order valence-electron chi connectivity index (χ4n) is 14.0. The number of likely N-dealkylation sites (N-methyl/N-ethyl adjacent to an activating group) is 1. The summed E-state index contributed by atoms with van der Waals surface area (Å²) in [6, 6.07) is 7.56. The van der Waals surface area contributed by atoms with Crippen LogP contribution in [0, 0.1) is 56.7 Å². The van der Waals surface area contributed by atoms with Crippen LogP contribution in [0.15, 0.2) is 60.1 Å². The molecule has 0 heterocycles. The molecule has 5 aliphatic rings. The van der Waals surface area contributed by atoms with Gasteiger partial charge in [0, 0.05) is 55.3 Å². The third kappa shape index (κ3) is 8.63. The van der Waals surface area contributed by atoms with Gasteiger partial charge in [-0.2, -0.15) is 0 Å². The molecule has 0 amide bonds. The zero-order valence-corrected chi connectivity index (χ0v) is 39.5. The molecule has 0 aliphatic heterocycles. The van der Waals surface area contributed by atoms with Gasteiger partial charge in [-0.1, -0.05) is 80.7 Å². The number of phenolic OH excluding ortho intramolecular Hbond substituents is 1. The summed E-state index contributed by atoms with van der Waals surface area (Å²) < 4.78 is 13.7. The second kappa shape index (κ2) is 17.0. The molecule has 0 saturated heterocycles. The Morgan fingerprint density at radius 3 is 2.22 bits per heavy atom. The number of benzene rings is 1. The minimum Gasteiger partial charge on any atom is -0.508 e. The fourth-order valence-corrected chi connectivity index (χ4v) is 14.1. The van der Waals surface area contributed by atoms with Gasteiger partial charge in [0.05, 0.1) is 11.5 Å². The summed E-state index contributed by atoms with van der Waals surface area (Å²) in [5.74, 6) is 4.17. The molecule has 328 valence electrons. The summed E-state index contributed by atoms with van der Waals surface area (Å²) in [5.41, 5.74) is 3.04. The van der Waals surface area contributed by atoms with E-state index in [0.717, 1.165) is 62.9 Å². The molecule has 5 aliphatic carbocycles. The van der Waals surface area contributed by atoms with Crippen LogP contribution >= 0.6 is 12.6 Å². The number of hydrogen-bond donors (Lipinski definition) is 2. The zero-order chi connectivity index (χ0) is 43.5. The number of carbonyl (C=O) groups is 2. The highest BCUT2D eigenvalue weighted by molar-refractivity contribution is 7.96. The van der Waals surface area contributed by atoms with Gasteiger partial charge in [-0.05, 0) is 142 Å². The maximum absolute atomic E-state index is 14.5. The molecule has 1 aromatic rings. The van der Waals surface area contributed by atoms with Crippen LogP contribution in [0.25, 0.3) is 0 Å².